The van der Waals surface area contributed by atoms with Crippen LogP contribution in [0.25, 0.3) is 0 Å². The van der Waals surface area contributed by atoms with Crippen LogP contribution in [0.3, 0.4) is 0 Å². The van der Waals surface area contributed by atoms with Gasteiger partial charge in [0.15, 0.2) is 11.6 Å². The minimum atomic E-state index is -1.36. The average molecular weight is 349 g/mol. The van der Waals surface area contributed by atoms with Crippen molar-refractivity contribution >= 4 is 6.21 Å². The molecule has 1 atom stereocenters. The van der Waals surface area contributed by atoms with Gasteiger partial charge in [0.25, 0.3) is 0 Å². The SMILES string of the molecule is CC(N=Cc1cccc(F)c1O)C(O)(c1ccccc1)c1ccccc1. The number of benzene rings is 3. The maximum atomic E-state index is 13.5. The van der Waals surface area contributed by atoms with E-state index in [0.29, 0.717) is 11.1 Å². The summed E-state index contributed by atoms with van der Waals surface area (Å²) in [6.07, 6.45) is 1.39. The molecular weight excluding hydrogens is 329 g/mol. The Morgan fingerprint density at radius 3 is 1.96 bits per heavy atom. The van der Waals surface area contributed by atoms with E-state index in [9.17, 15) is 14.6 Å². The first kappa shape index (κ1) is 17.8. The highest BCUT2D eigenvalue weighted by atomic mass is 19.1. The highest BCUT2D eigenvalue weighted by molar-refractivity contribution is 5.83. The van der Waals surface area contributed by atoms with Crippen LogP contribution in [-0.4, -0.2) is 22.5 Å². The second kappa shape index (κ2) is 7.50. The second-order valence-electron chi connectivity index (χ2n) is 6.13. The Morgan fingerprint density at radius 2 is 1.42 bits per heavy atom. The monoisotopic (exact) mass is 349 g/mol. The van der Waals surface area contributed by atoms with E-state index >= 15 is 0 Å². The van der Waals surface area contributed by atoms with E-state index in [-0.39, 0.29) is 5.56 Å². The Hall–Kier alpha value is -2.98. The summed E-state index contributed by atoms with van der Waals surface area (Å²) in [5.41, 5.74) is 0.320. The number of aliphatic imine (C=N–C) groups is 1. The lowest BCUT2D eigenvalue weighted by Crippen LogP contribution is -2.38. The Labute approximate surface area is 152 Å². The van der Waals surface area contributed by atoms with Crippen molar-refractivity contribution in [3.8, 4) is 5.75 Å². The van der Waals surface area contributed by atoms with Gasteiger partial charge < -0.3 is 10.2 Å². The normalized spacial score (nSPS) is 13.0. The van der Waals surface area contributed by atoms with Crippen LogP contribution in [0.5, 0.6) is 5.75 Å². The number of para-hydroxylation sites is 1. The van der Waals surface area contributed by atoms with Gasteiger partial charge in [0.2, 0.25) is 0 Å². The molecule has 0 bridgehead atoms. The van der Waals surface area contributed by atoms with E-state index in [1.165, 1.54) is 18.3 Å². The number of rotatable bonds is 5. The lowest BCUT2D eigenvalue weighted by molar-refractivity contribution is 0.0589. The highest BCUT2D eigenvalue weighted by Crippen LogP contribution is 2.34. The first-order chi connectivity index (χ1) is 12.5. The van der Waals surface area contributed by atoms with Gasteiger partial charge in [-0.1, -0.05) is 66.7 Å². The quantitative estimate of drug-likeness (QED) is 0.676. The molecule has 3 aromatic carbocycles. The summed E-state index contributed by atoms with van der Waals surface area (Å²) in [4.78, 5) is 4.42. The number of halogens is 1. The van der Waals surface area contributed by atoms with Gasteiger partial charge in [0.05, 0.1) is 6.04 Å². The molecule has 132 valence electrons. The van der Waals surface area contributed by atoms with Crippen molar-refractivity contribution in [2.45, 2.75) is 18.6 Å². The largest absolute Gasteiger partial charge is 0.504 e. The van der Waals surface area contributed by atoms with Crippen molar-refractivity contribution in [1.82, 2.24) is 0 Å². The molecule has 2 N–H and O–H groups in total. The fourth-order valence-electron chi connectivity index (χ4n) is 2.97. The molecule has 0 heterocycles. The molecule has 0 aliphatic carbocycles. The third kappa shape index (κ3) is 3.37. The summed E-state index contributed by atoms with van der Waals surface area (Å²) < 4.78 is 13.5. The fourth-order valence-corrected chi connectivity index (χ4v) is 2.97. The molecule has 0 aliphatic rings. The maximum absolute atomic E-state index is 13.5. The zero-order valence-electron chi connectivity index (χ0n) is 14.4. The number of nitrogens with zero attached hydrogens (tertiary/aromatic N) is 1. The second-order valence-corrected chi connectivity index (χ2v) is 6.13. The average Bonchev–Trinajstić information content (AvgIpc) is 2.69. The van der Waals surface area contributed by atoms with Gasteiger partial charge in [0.1, 0.15) is 5.60 Å². The van der Waals surface area contributed by atoms with Crippen LogP contribution in [0, 0.1) is 5.82 Å². The molecule has 0 spiro atoms. The van der Waals surface area contributed by atoms with Gasteiger partial charge in [-0.15, -0.1) is 0 Å². The summed E-state index contributed by atoms with van der Waals surface area (Å²) in [6.45, 7) is 1.78. The van der Waals surface area contributed by atoms with Gasteiger partial charge in [-0.3, -0.25) is 4.99 Å². The van der Waals surface area contributed by atoms with Crippen molar-refractivity contribution in [2.75, 3.05) is 0 Å². The van der Waals surface area contributed by atoms with E-state index < -0.39 is 23.2 Å². The number of hydrogen-bond acceptors (Lipinski definition) is 3. The van der Waals surface area contributed by atoms with Crippen LogP contribution in [0.1, 0.15) is 23.6 Å². The smallest absolute Gasteiger partial charge is 0.165 e. The molecule has 26 heavy (non-hydrogen) atoms. The van der Waals surface area contributed by atoms with Crippen molar-refractivity contribution in [1.29, 1.82) is 0 Å². The van der Waals surface area contributed by atoms with Crippen molar-refractivity contribution in [2.24, 2.45) is 4.99 Å². The first-order valence-corrected chi connectivity index (χ1v) is 8.37. The Morgan fingerprint density at radius 1 is 0.885 bits per heavy atom. The minimum absolute atomic E-state index is 0.264. The summed E-state index contributed by atoms with van der Waals surface area (Å²) in [5, 5.41) is 21.4. The standard InChI is InChI=1S/C22H20FNO2/c1-16(24-15-17-9-8-14-20(23)21(17)25)22(26,18-10-4-2-5-11-18)19-12-6-3-7-13-19/h2-16,25-26H,1H3. The third-order valence-corrected chi connectivity index (χ3v) is 4.49. The maximum Gasteiger partial charge on any atom is 0.165 e. The van der Waals surface area contributed by atoms with E-state index in [2.05, 4.69) is 4.99 Å². The van der Waals surface area contributed by atoms with Crippen molar-refractivity contribution < 1.29 is 14.6 Å². The molecule has 0 amide bonds. The number of phenolic OH excluding ortho intramolecular Hbond substituents is 1. The summed E-state index contributed by atoms with van der Waals surface area (Å²) in [5.74, 6) is -1.16. The topological polar surface area (TPSA) is 52.8 Å². The van der Waals surface area contributed by atoms with Crippen LogP contribution in [-0.2, 0) is 5.60 Å². The summed E-state index contributed by atoms with van der Waals surface area (Å²) >= 11 is 0. The van der Waals surface area contributed by atoms with Crippen LogP contribution < -0.4 is 0 Å². The Kier molecular flexibility index (Phi) is 5.14. The van der Waals surface area contributed by atoms with E-state index in [1.54, 1.807) is 13.0 Å². The molecule has 4 heteroatoms. The molecular formula is C22H20FNO2. The van der Waals surface area contributed by atoms with Gasteiger partial charge in [-0.25, -0.2) is 4.39 Å². The van der Waals surface area contributed by atoms with Crippen LogP contribution in [0.4, 0.5) is 4.39 Å². The highest BCUT2D eigenvalue weighted by Gasteiger charge is 2.37. The summed E-state index contributed by atoms with van der Waals surface area (Å²) in [7, 11) is 0. The van der Waals surface area contributed by atoms with Crippen molar-refractivity contribution in [3.63, 3.8) is 0 Å². The zero-order valence-corrected chi connectivity index (χ0v) is 14.4. The molecule has 0 fully saturated rings. The molecule has 3 nitrogen and oxygen atoms in total. The number of hydrogen-bond donors (Lipinski definition) is 2. The number of aliphatic hydroxyl groups is 1. The molecule has 1 unspecified atom stereocenters. The fraction of sp³-hybridized carbons (Fsp3) is 0.136. The first-order valence-electron chi connectivity index (χ1n) is 8.37. The predicted molar refractivity (Wildman–Crippen MR) is 101 cm³/mol. The molecule has 3 aromatic rings. The van der Waals surface area contributed by atoms with Gasteiger partial charge in [0, 0.05) is 11.8 Å². The lowest BCUT2D eigenvalue weighted by atomic mass is 9.81. The van der Waals surface area contributed by atoms with E-state index in [0.717, 1.165) is 0 Å². The molecule has 0 aliphatic heterocycles. The van der Waals surface area contributed by atoms with E-state index in [4.69, 9.17) is 0 Å². The predicted octanol–water partition coefficient (Wildman–Crippen LogP) is 4.27. The zero-order chi connectivity index (χ0) is 18.6. The van der Waals surface area contributed by atoms with Crippen molar-refractivity contribution in [3.05, 3.63) is 101 Å². The van der Waals surface area contributed by atoms with Crippen LogP contribution in [0.15, 0.2) is 83.9 Å². The van der Waals surface area contributed by atoms with Gasteiger partial charge >= 0.3 is 0 Å². The summed E-state index contributed by atoms with van der Waals surface area (Å²) in [6, 6.07) is 22.3. The van der Waals surface area contributed by atoms with Crippen LogP contribution in [0.2, 0.25) is 0 Å². The molecule has 0 saturated heterocycles. The molecule has 0 saturated carbocycles. The van der Waals surface area contributed by atoms with Gasteiger partial charge in [-0.05, 0) is 30.2 Å². The van der Waals surface area contributed by atoms with Gasteiger partial charge in [-0.2, -0.15) is 0 Å². The molecule has 0 radical (unpaired) electrons. The molecule has 3 rings (SSSR count). The number of aromatic hydroxyl groups is 1. The Balaban J connectivity index is 2.02. The molecule has 0 aromatic heterocycles. The Bertz CT molecular complexity index is 855. The van der Waals surface area contributed by atoms with E-state index in [1.807, 2.05) is 60.7 Å². The lowest BCUT2D eigenvalue weighted by Gasteiger charge is -2.33. The van der Waals surface area contributed by atoms with Crippen LogP contribution >= 0.6 is 0 Å². The minimum Gasteiger partial charge on any atom is -0.504 e. The third-order valence-electron chi connectivity index (χ3n) is 4.49. The number of phenols is 1.